The largest absolute Gasteiger partial charge is 0.493 e. The van der Waals surface area contributed by atoms with Crippen LogP contribution in [0.4, 0.5) is 4.79 Å². The average Bonchev–Trinajstić information content (AvgIpc) is 3.47. The number of nitrogens with one attached hydrogen (secondary N) is 1. The second-order valence-corrected chi connectivity index (χ2v) is 18.2. The van der Waals surface area contributed by atoms with Crippen LogP contribution in [0.1, 0.15) is 50.1 Å². The zero-order valence-corrected chi connectivity index (χ0v) is 25.2. The van der Waals surface area contributed by atoms with E-state index in [-0.39, 0.29) is 17.1 Å². The lowest BCUT2D eigenvalue weighted by molar-refractivity contribution is 0.161. The van der Waals surface area contributed by atoms with Crippen molar-refractivity contribution in [1.29, 1.82) is 0 Å². The number of amides is 1. The number of hydrogen-bond donors (Lipinski definition) is 2. The maximum Gasteiger partial charge on any atom is 0.404 e. The fraction of sp³-hybridized carbons (Fsp3) is 0.500. The Balaban J connectivity index is 1.51. The van der Waals surface area contributed by atoms with E-state index >= 15 is 0 Å². The van der Waals surface area contributed by atoms with Crippen LogP contribution in [-0.4, -0.2) is 55.1 Å². The van der Waals surface area contributed by atoms with E-state index < -0.39 is 14.4 Å². The molecule has 1 saturated heterocycles. The van der Waals surface area contributed by atoms with Crippen molar-refractivity contribution in [3.8, 4) is 16.9 Å². The van der Waals surface area contributed by atoms with Gasteiger partial charge in [0, 0.05) is 58.8 Å². The number of ether oxygens (including phenoxy) is 1. The normalized spacial score (nSPS) is 20.4. The van der Waals surface area contributed by atoms with Gasteiger partial charge in [0.15, 0.2) is 8.32 Å². The molecule has 0 unspecified atom stereocenters. The van der Waals surface area contributed by atoms with Crippen LogP contribution in [0.5, 0.6) is 5.75 Å². The zero-order valence-electron chi connectivity index (χ0n) is 22.6. The predicted octanol–water partition coefficient (Wildman–Crippen LogP) is 7.30. The summed E-state index contributed by atoms with van der Waals surface area (Å²) in [6, 6.07) is 8.20. The van der Waals surface area contributed by atoms with Crippen LogP contribution in [0, 0.1) is 0 Å². The molecule has 2 N–H and O–H groups in total. The van der Waals surface area contributed by atoms with E-state index in [4.69, 9.17) is 20.8 Å². The highest BCUT2D eigenvalue weighted by molar-refractivity contribution is 7.19. The SMILES string of the molecule is CC(C)(C)[Si](C)(C)OCc1cc2nccc(-c3cc(Cl)cc4c3[C@@H](N3CC[C@@H](NC(=O)O)C3)CCO4)c2s1. The quantitative estimate of drug-likeness (QED) is 0.301. The summed E-state index contributed by atoms with van der Waals surface area (Å²) < 4.78 is 13.8. The van der Waals surface area contributed by atoms with E-state index in [9.17, 15) is 9.90 Å². The first-order chi connectivity index (χ1) is 17.9. The van der Waals surface area contributed by atoms with Crippen molar-refractivity contribution in [2.45, 2.75) is 70.4 Å². The molecule has 10 heteroatoms. The number of pyridine rings is 1. The summed E-state index contributed by atoms with van der Waals surface area (Å²) in [5.41, 5.74) is 4.22. The number of hydrogen-bond acceptors (Lipinski definition) is 6. The minimum absolute atomic E-state index is 0.0667. The van der Waals surface area contributed by atoms with Crippen molar-refractivity contribution >= 4 is 47.6 Å². The van der Waals surface area contributed by atoms with Gasteiger partial charge in [-0.05, 0) is 54.4 Å². The number of benzene rings is 1. The number of halogens is 1. The third kappa shape index (κ3) is 5.44. The van der Waals surface area contributed by atoms with Gasteiger partial charge in [-0.2, -0.15) is 0 Å². The van der Waals surface area contributed by atoms with Crippen LogP contribution < -0.4 is 10.1 Å². The summed E-state index contributed by atoms with van der Waals surface area (Å²) in [6.45, 7) is 14.0. The molecule has 0 radical (unpaired) electrons. The molecule has 38 heavy (non-hydrogen) atoms. The number of rotatable bonds is 6. The van der Waals surface area contributed by atoms with Crippen molar-refractivity contribution in [3.05, 3.63) is 45.9 Å². The summed E-state index contributed by atoms with van der Waals surface area (Å²) >= 11 is 8.35. The molecule has 2 atom stereocenters. The van der Waals surface area contributed by atoms with Gasteiger partial charge in [0.1, 0.15) is 5.75 Å². The molecule has 0 saturated carbocycles. The second-order valence-electron chi connectivity index (χ2n) is 11.8. The lowest BCUT2D eigenvalue weighted by Gasteiger charge is -2.36. The van der Waals surface area contributed by atoms with Crippen molar-refractivity contribution in [3.63, 3.8) is 0 Å². The minimum atomic E-state index is -1.88. The maximum absolute atomic E-state index is 11.2. The first kappa shape index (κ1) is 27.4. The highest BCUT2D eigenvalue weighted by Gasteiger charge is 2.38. The molecule has 4 heterocycles. The monoisotopic (exact) mass is 573 g/mol. The fourth-order valence-electron chi connectivity index (χ4n) is 5.17. The maximum atomic E-state index is 11.2. The molecule has 2 aliphatic heterocycles. The summed E-state index contributed by atoms with van der Waals surface area (Å²) in [4.78, 5) is 19.4. The molecule has 204 valence electrons. The third-order valence-corrected chi connectivity index (χ3v) is 14.0. The van der Waals surface area contributed by atoms with E-state index in [0.29, 0.717) is 24.8 Å². The van der Waals surface area contributed by atoms with Gasteiger partial charge in [-0.3, -0.25) is 9.88 Å². The highest BCUT2D eigenvalue weighted by Crippen LogP contribution is 2.47. The van der Waals surface area contributed by atoms with Crippen LogP contribution in [-0.2, 0) is 11.0 Å². The van der Waals surface area contributed by atoms with E-state index in [0.717, 1.165) is 56.9 Å². The molecule has 0 bridgehead atoms. The Labute approximate surface area is 234 Å². The number of carboxylic acid groups (broad SMARTS) is 1. The number of aromatic nitrogens is 1. The van der Waals surface area contributed by atoms with Gasteiger partial charge < -0.3 is 19.6 Å². The van der Waals surface area contributed by atoms with Crippen molar-refractivity contribution < 1.29 is 19.1 Å². The average molecular weight is 574 g/mol. The van der Waals surface area contributed by atoms with Gasteiger partial charge in [0.05, 0.1) is 23.4 Å². The Morgan fingerprint density at radius 1 is 1.29 bits per heavy atom. The van der Waals surface area contributed by atoms with Crippen LogP contribution in [0.2, 0.25) is 23.2 Å². The molecule has 3 aromatic rings. The molecule has 0 spiro atoms. The minimum Gasteiger partial charge on any atom is -0.493 e. The predicted molar refractivity (Wildman–Crippen MR) is 156 cm³/mol. The third-order valence-electron chi connectivity index (χ3n) is 8.21. The Hall–Kier alpha value is -2.17. The molecule has 5 rings (SSSR count). The zero-order chi connectivity index (χ0) is 27.2. The molecular formula is C28H36ClN3O4SSi. The Kier molecular flexibility index (Phi) is 7.52. The first-order valence-corrected chi connectivity index (χ1v) is 17.2. The van der Waals surface area contributed by atoms with Gasteiger partial charge >= 0.3 is 6.09 Å². The summed E-state index contributed by atoms with van der Waals surface area (Å²) in [5, 5.41) is 12.6. The van der Waals surface area contributed by atoms with Gasteiger partial charge in [0.2, 0.25) is 0 Å². The lowest BCUT2D eigenvalue weighted by atomic mass is 9.90. The van der Waals surface area contributed by atoms with Gasteiger partial charge in [-0.25, -0.2) is 4.79 Å². The molecule has 2 aromatic heterocycles. The number of likely N-dealkylation sites (tertiary alicyclic amines) is 1. The molecule has 2 aliphatic rings. The molecule has 7 nitrogen and oxygen atoms in total. The van der Waals surface area contributed by atoms with E-state index in [1.807, 2.05) is 18.3 Å². The van der Waals surface area contributed by atoms with Gasteiger partial charge in [0.25, 0.3) is 0 Å². The van der Waals surface area contributed by atoms with Crippen molar-refractivity contribution in [1.82, 2.24) is 15.2 Å². The number of fused-ring (bicyclic) bond motifs is 2. The summed E-state index contributed by atoms with van der Waals surface area (Å²) in [6.07, 6.45) is 2.52. The standard InChI is InChI=1S/C28H36ClN3O4SSi/c1-28(2,3)38(4,5)36-16-19-14-22-26(37-19)20(6-9-30-22)21-12-17(29)13-24-25(21)23(8-11-35-24)32-10-7-18(15-32)31-27(33)34/h6,9,12-14,18,23,31H,7-8,10-11,15-16H2,1-5H3,(H,33,34)/t18-,23+/m1/s1. The molecule has 0 aliphatic carbocycles. The Morgan fingerprint density at radius 3 is 2.82 bits per heavy atom. The van der Waals surface area contributed by atoms with Crippen LogP contribution >= 0.6 is 22.9 Å². The van der Waals surface area contributed by atoms with Crippen LogP contribution in [0.15, 0.2) is 30.5 Å². The fourth-order valence-corrected chi connectivity index (χ4v) is 7.49. The summed E-state index contributed by atoms with van der Waals surface area (Å²) in [7, 11) is -1.88. The van der Waals surface area contributed by atoms with Crippen molar-refractivity contribution in [2.75, 3.05) is 19.7 Å². The Morgan fingerprint density at radius 2 is 2.08 bits per heavy atom. The Bertz CT molecular complexity index is 1360. The highest BCUT2D eigenvalue weighted by atomic mass is 35.5. The molecule has 1 aromatic carbocycles. The second kappa shape index (κ2) is 10.4. The number of nitrogens with zero attached hydrogens (tertiary/aromatic N) is 2. The van der Waals surface area contributed by atoms with E-state index in [2.05, 4.69) is 61.2 Å². The number of carbonyl (C=O) groups is 1. The lowest BCUT2D eigenvalue weighted by Crippen LogP contribution is -2.40. The van der Waals surface area contributed by atoms with E-state index in [1.54, 1.807) is 11.3 Å². The topological polar surface area (TPSA) is 83.9 Å². The number of thiophene rings is 1. The van der Waals surface area contributed by atoms with Crippen molar-refractivity contribution in [2.24, 2.45) is 0 Å². The van der Waals surface area contributed by atoms with Gasteiger partial charge in [-0.1, -0.05) is 32.4 Å². The van der Waals surface area contributed by atoms with Crippen LogP contribution in [0.3, 0.4) is 0 Å². The van der Waals surface area contributed by atoms with E-state index in [1.165, 1.54) is 0 Å². The molecule has 1 fully saturated rings. The van der Waals surface area contributed by atoms with Gasteiger partial charge in [-0.15, -0.1) is 11.3 Å². The molecule has 1 amide bonds. The smallest absolute Gasteiger partial charge is 0.404 e. The first-order valence-electron chi connectivity index (χ1n) is 13.1. The molecular weight excluding hydrogens is 538 g/mol. The summed E-state index contributed by atoms with van der Waals surface area (Å²) in [5.74, 6) is 0.807. The van der Waals surface area contributed by atoms with Crippen LogP contribution in [0.25, 0.3) is 21.3 Å².